The Bertz CT molecular complexity index is 665. The number of H-pyrrole nitrogens is 1. The summed E-state index contributed by atoms with van der Waals surface area (Å²) in [6, 6.07) is 5.05. The van der Waals surface area contributed by atoms with Gasteiger partial charge >= 0.3 is 0 Å². The Balaban J connectivity index is 1.72. The van der Waals surface area contributed by atoms with Crippen LogP contribution in [0.3, 0.4) is 0 Å². The topological polar surface area (TPSA) is 67.0 Å². The molecule has 0 spiro atoms. The number of hydrogen-bond donors (Lipinski definition) is 2. The van der Waals surface area contributed by atoms with E-state index in [1.165, 1.54) is 12.8 Å². The van der Waals surface area contributed by atoms with Gasteiger partial charge in [-0.05, 0) is 31.0 Å². The smallest absolute Gasteiger partial charge is 0.258 e. The quantitative estimate of drug-likeness (QED) is 0.850. The maximum atomic E-state index is 11.9. The van der Waals surface area contributed by atoms with Gasteiger partial charge < -0.3 is 4.98 Å². The third-order valence-corrected chi connectivity index (χ3v) is 3.74. The molecule has 0 amide bonds. The highest BCUT2D eigenvalue weighted by Gasteiger charge is 2.15. The van der Waals surface area contributed by atoms with E-state index in [4.69, 9.17) is 16.4 Å². The molecule has 0 atom stereocenters. The molecule has 2 N–H and O–H groups in total. The molecule has 1 aliphatic carbocycles. The zero-order chi connectivity index (χ0) is 13.9. The predicted octanol–water partition coefficient (Wildman–Crippen LogP) is 2.54. The second-order valence-corrected chi connectivity index (χ2v) is 5.46. The van der Waals surface area contributed by atoms with E-state index in [9.17, 15) is 4.79 Å². The molecule has 20 heavy (non-hydrogen) atoms. The van der Waals surface area contributed by atoms with E-state index in [0.29, 0.717) is 28.3 Å². The van der Waals surface area contributed by atoms with E-state index in [1.807, 2.05) is 0 Å². The van der Waals surface area contributed by atoms with Crippen LogP contribution in [0.5, 0.6) is 0 Å². The van der Waals surface area contributed by atoms with Crippen molar-refractivity contribution in [3.05, 3.63) is 39.4 Å². The van der Waals surface area contributed by atoms with Crippen LogP contribution in [-0.2, 0) is 11.4 Å². The molecule has 0 aliphatic heterocycles. The van der Waals surface area contributed by atoms with Gasteiger partial charge in [0.05, 0.1) is 23.6 Å². The van der Waals surface area contributed by atoms with Crippen LogP contribution in [0.2, 0.25) is 5.02 Å². The first kappa shape index (κ1) is 13.5. The van der Waals surface area contributed by atoms with Crippen molar-refractivity contribution in [1.29, 1.82) is 0 Å². The van der Waals surface area contributed by atoms with Crippen LogP contribution in [-0.4, -0.2) is 16.1 Å². The summed E-state index contributed by atoms with van der Waals surface area (Å²) in [6.07, 6.45) is 4.89. The van der Waals surface area contributed by atoms with E-state index >= 15 is 0 Å². The van der Waals surface area contributed by atoms with E-state index in [2.05, 4.69) is 15.4 Å². The molecule has 0 unspecified atom stereocenters. The van der Waals surface area contributed by atoms with E-state index < -0.39 is 0 Å². The number of benzene rings is 1. The Morgan fingerprint density at radius 3 is 3.00 bits per heavy atom. The molecule has 1 heterocycles. The minimum atomic E-state index is -0.163. The van der Waals surface area contributed by atoms with Gasteiger partial charge in [0.1, 0.15) is 5.82 Å². The second-order valence-electron chi connectivity index (χ2n) is 5.02. The number of fused-ring (bicyclic) bond motifs is 1. The molecule has 0 bridgehead atoms. The summed E-state index contributed by atoms with van der Waals surface area (Å²) in [5.41, 5.74) is 3.32. The summed E-state index contributed by atoms with van der Waals surface area (Å²) in [7, 11) is 0. The van der Waals surface area contributed by atoms with Crippen LogP contribution in [0, 0.1) is 0 Å². The number of rotatable bonds is 4. The lowest BCUT2D eigenvalue weighted by Gasteiger charge is -2.11. The average Bonchev–Trinajstić information content (AvgIpc) is 2.91. The minimum absolute atomic E-state index is 0.163. The first-order chi connectivity index (χ1) is 9.72. The number of aromatic nitrogens is 2. The molecule has 1 aromatic carbocycles. The van der Waals surface area contributed by atoms with E-state index in [1.54, 1.807) is 18.2 Å². The van der Waals surface area contributed by atoms with Gasteiger partial charge in [0, 0.05) is 5.02 Å². The molecule has 106 valence electrons. The number of nitrogens with one attached hydrogen (secondary N) is 2. The van der Waals surface area contributed by atoms with Gasteiger partial charge in [-0.15, -0.1) is 0 Å². The molecular weight excluding hydrogens is 278 g/mol. The fourth-order valence-electron chi connectivity index (χ4n) is 2.48. The Morgan fingerprint density at radius 2 is 2.20 bits per heavy atom. The highest BCUT2D eigenvalue weighted by atomic mass is 35.5. The normalized spacial score (nSPS) is 16.1. The third kappa shape index (κ3) is 3.00. The monoisotopic (exact) mass is 293 g/mol. The first-order valence-electron chi connectivity index (χ1n) is 6.79. The lowest BCUT2D eigenvalue weighted by atomic mass is 10.2. The van der Waals surface area contributed by atoms with E-state index in [0.717, 1.165) is 12.8 Å². The molecule has 6 heteroatoms. The Hall–Kier alpha value is -1.43. The zero-order valence-corrected chi connectivity index (χ0v) is 11.7. The molecule has 5 nitrogen and oxygen atoms in total. The first-order valence-corrected chi connectivity index (χ1v) is 7.17. The standard InChI is InChI=1S/C14H16ClN3O2/c15-9-5-6-11-12(7-9)17-13(18-14(11)19)8-16-20-10-3-1-2-4-10/h5-7,10,16H,1-4,8H2,(H,17,18,19). The molecule has 1 fully saturated rings. The summed E-state index contributed by atoms with van der Waals surface area (Å²) < 4.78 is 0. The predicted molar refractivity (Wildman–Crippen MR) is 77.6 cm³/mol. The van der Waals surface area contributed by atoms with Crippen molar-refractivity contribution in [3.63, 3.8) is 0 Å². The van der Waals surface area contributed by atoms with Crippen LogP contribution in [0.25, 0.3) is 10.9 Å². The molecule has 2 aromatic rings. The zero-order valence-electron chi connectivity index (χ0n) is 11.0. The molecule has 1 aliphatic rings. The van der Waals surface area contributed by atoms with Crippen molar-refractivity contribution < 1.29 is 4.84 Å². The Labute approximate surface area is 121 Å². The van der Waals surface area contributed by atoms with Gasteiger partial charge in [0.2, 0.25) is 0 Å². The fourth-order valence-corrected chi connectivity index (χ4v) is 2.65. The van der Waals surface area contributed by atoms with E-state index in [-0.39, 0.29) is 11.7 Å². The van der Waals surface area contributed by atoms with Crippen LogP contribution >= 0.6 is 11.6 Å². The molecule has 3 rings (SSSR count). The van der Waals surface area contributed by atoms with Crippen molar-refractivity contribution in [2.45, 2.75) is 38.3 Å². The van der Waals surface area contributed by atoms with Crippen molar-refractivity contribution in [1.82, 2.24) is 15.4 Å². The van der Waals surface area contributed by atoms with Crippen molar-refractivity contribution >= 4 is 22.5 Å². The summed E-state index contributed by atoms with van der Waals surface area (Å²) in [6.45, 7) is 0.369. The van der Waals surface area contributed by atoms with Gasteiger partial charge in [0.15, 0.2) is 0 Å². The molecule has 1 aromatic heterocycles. The van der Waals surface area contributed by atoms with Crippen LogP contribution in [0.4, 0.5) is 0 Å². The summed E-state index contributed by atoms with van der Waals surface area (Å²) in [5.74, 6) is 0.544. The lowest BCUT2D eigenvalue weighted by Crippen LogP contribution is -2.24. The number of hydrogen-bond acceptors (Lipinski definition) is 4. The molecule has 0 radical (unpaired) electrons. The van der Waals surface area contributed by atoms with Gasteiger partial charge in [-0.2, -0.15) is 5.48 Å². The minimum Gasteiger partial charge on any atom is -0.309 e. The SMILES string of the molecule is O=c1[nH]c(CNOC2CCCC2)nc2cc(Cl)ccc12. The van der Waals surface area contributed by atoms with Gasteiger partial charge in [0.25, 0.3) is 5.56 Å². The van der Waals surface area contributed by atoms with Gasteiger partial charge in [-0.25, -0.2) is 4.98 Å². The molecule has 0 saturated heterocycles. The summed E-state index contributed by atoms with van der Waals surface area (Å²) >= 11 is 5.92. The van der Waals surface area contributed by atoms with Gasteiger partial charge in [-0.1, -0.05) is 24.4 Å². The van der Waals surface area contributed by atoms with Crippen molar-refractivity contribution in [3.8, 4) is 0 Å². The highest BCUT2D eigenvalue weighted by molar-refractivity contribution is 6.31. The maximum absolute atomic E-state index is 11.9. The lowest BCUT2D eigenvalue weighted by molar-refractivity contribution is -0.0254. The Morgan fingerprint density at radius 1 is 1.40 bits per heavy atom. The third-order valence-electron chi connectivity index (χ3n) is 3.51. The van der Waals surface area contributed by atoms with Crippen molar-refractivity contribution in [2.75, 3.05) is 0 Å². The summed E-state index contributed by atoms with van der Waals surface area (Å²) in [5, 5.41) is 1.10. The average molecular weight is 294 g/mol. The highest BCUT2D eigenvalue weighted by Crippen LogP contribution is 2.20. The Kier molecular flexibility index (Phi) is 4.00. The van der Waals surface area contributed by atoms with Crippen LogP contribution in [0.15, 0.2) is 23.0 Å². The maximum Gasteiger partial charge on any atom is 0.258 e. The van der Waals surface area contributed by atoms with Gasteiger partial charge in [-0.3, -0.25) is 9.63 Å². The molecule has 1 saturated carbocycles. The number of nitrogens with zero attached hydrogens (tertiary/aromatic N) is 1. The summed E-state index contributed by atoms with van der Waals surface area (Å²) in [4.78, 5) is 24.6. The van der Waals surface area contributed by atoms with Crippen LogP contribution < -0.4 is 11.0 Å². The number of hydroxylamine groups is 1. The van der Waals surface area contributed by atoms with Crippen molar-refractivity contribution in [2.24, 2.45) is 0 Å². The number of aromatic amines is 1. The fraction of sp³-hybridized carbons (Fsp3) is 0.429. The largest absolute Gasteiger partial charge is 0.309 e. The number of halogens is 1. The second kappa shape index (κ2) is 5.91. The van der Waals surface area contributed by atoms with Crippen LogP contribution in [0.1, 0.15) is 31.5 Å². The molecular formula is C14H16ClN3O2.